The van der Waals surface area contributed by atoms with E-state index in [9.17, 15) is 4.39 Å². The Kier molecular flexibility index (Phi) is 2.27. The molecule has 1 nitrogen and oxygen atoms in total. The molecule has 2 rings (SSSR count). The van der Waals surface area contributed by atoms with Gasteiger partial charge in [0, 0.05) is 18.0 Å². The third kappa shape index (κ3) is 1.51. The molecule has 1 aromatic heterocycles. The number of hydrogen-bond donors (Lipinski definition) is 0. The zero-order valence-corrected chi connectivity index (χ0v) is 7.87. The van der Waals surface area contributed by atoms with Gasteiger partial charge in [-0.15, -0.1) is 0 Å². The second kappa shape index (κ2) is 3.58. The maximum atomic E-state index is 13.5. The molecule has 0 unspecified atom stereocenters. The van der Waals surface area contributed by atoms with Gasteiger partial charge in [0.05, 0.1) is 0 Å². The Morgan fingerprint density at radius 1 is 1.07 bits per heavy atom. The van der Waals surface area contributed by atoms with E-state index in [1.54, 1.807) is 18.5 Å². The van der Waals surface area contributed by atoms with E-state index in [1.165, 1.54) is 6.07 Å². The molecule has 0 saturated carbocycles. The van der Waals surface area contributed by atoms with Gasteiger partial charge in [-0.3, -0.25) is 4.98 Å². The number of pyridine rings is 1. The van der Waals surface area contributed by atoms with E-state index in [-0.39, 0.29) is 5.82 Å². The summed E-state index contributed by atoms with van der Waals surface area (Å²) in [5, 5.41) is 0. The zero-order valence-electron chi connectivity index (χ0n) is 7.87. The van der Waals surface area contributed by atoms with E-state index in [4.69, 9.17) is 0 Å². The van der Waals surface area contributed by atoms with Crippen molar-refractivity contribution >= 4 is 0 Å². The number of aromatic nitrogens is 1. The van der Waals surface area contributed by atoms with Crippen LogP contribution in [0.25, 0.3) is 11.1 Å². The summed E-state index contributed by atoms with van der Waals surface area (Å²) in [6, 6.07) is 8.72. The first-order chi connectivity index (χ1) is 6.79. The quantitative estimate of drug-likeness (QED) is 0.668. The van der Waals surface area contributed by atoms with Gasteiger partial charge in [0.15, 0.2) is 0 Å². The molecule has 2 aromatic rings. The van der Waals surface area contributed by atoms with Gasteiger partial charge in [0.25, 0.3) is 0 Å². The molecule has 0 amide bonds. The molecule has 70 valence electrons. The predicted molar refractivity (Wildman–Crippen MR) is 54.4 cm³/mol. The van der Waals surface area contributed by atoms with Gasteiger partial charge in [0.1, 0.15) is 5.82 Å². The summed E-state index contributed by atoms with van der Waals surface area (Å²) < 4.78 is 13.5. The third-order valence-electron chi connectivity index (χ3n) is 2.19. The standard InChI is InChI=1S/C12H10FN/c1-9-3-2-4-11(13)12(9)10-5-7-14-8-6-10/h2-8H,1H3. The predicted octanol–water partition coefficient (Wildman–Crippen LogP) is 3.20. The molecule has 14 heavy (non-hydrogen) atoms. The summed E-state index contributed by atoms with van der Waals surface area (Å²) in [7, 11) is 0. The Morgan fingerprint density at radius 2 is 1.79 bits per heavy atom. The van der Waals surface area contributed by atoms with E-state index in [2.05, 4.69) is 4.98 Å². The van der Waals surface area contributed by atoms with Crippen LogP contribution in [0.5, 0.6) is 0 Å². The van der Waals surface area contributed by atoms with E-state index < -0.39 is 0 Å². The molecule has 0 saturated heterocycles. The fourth-order valence-corrected chi connectivity index (χ4v) is 1.52. The molecule has 0 spiro atoms. The Labute approximate surface area is 82.2 Å². The van der Waals surface area contributed by atoms with Gasteiger partial charge in [-0.05, 0) is 36.2 Å². The van der Waals surface area contributed by atoms with Gasteiger partial charge >= 0.3 is 0 Å². The largest absolute Gasteiger partial charge is 0.265 e. The lowest BCUT2D eigenvalue weighted by molar-refractivity contribution is 0.630. The number of aryl methyl sites for hydroxylation is 1. The Morgan fingerprint density at radius 3 is 2.43 bits per heavy atom. The first-order valence-electron chi connectivity index (χ1n) is 4.44. The van der Waals surface area contributed by atoms with Crippen LogP contribution in [0.1, 0.15) is 5.56 Å². The lowest BCUT2D eigenvalue weighted by atomic mass is 10.0. The van der Waals surface area contributed by atoms with E-state index in [1.807, 2.05) is 25.1 Å². The van der Waals surface area contributed by atoms with Crippen LogP contribution in [0.4, 0.5) is 4.39 Å². The van der Waals surface area contributed by atoms with Crippen molar-refractivity contribution < 1.29 is 4.39 Å². The molecule has 0 N–H and O–H groups in total. The van der Waals surface area contributed by atoms with Crippen LogP contribution in [0, 0.1) is 12.7 Å². The minimum absolute atomic E-state index is 0.184. The van der Waals surface area contributed by atoms with E-state index >= 15 is 0 Å². The molecular formula is C12H10FN. The smallest absolute Gasteiger partial charge is 0.131 e. The molecular weight excluding hydrogens is 177 g/mol. The van der Waals surface area contributed by atoms with E-state index in [0.717, 1.165) is 11.1 Å². The number of benzene rings is 1. The van der Waals surface area contributed by atoms with Crippen LogP contribution in [0.3, 0.4) is 0 Å². The van der Waals surface area contributed by atoms with Crippen LogP contribution < -0.4 is 0 Å². The Balaban J connectivity index is 2.63. The van der Waals surface area contributed by atoms with Crippen LogP contribution in [-0.4, -0.2) is 4.98 Å². The fourth-order valence-electron chi connectivity index (χ4n) is 1.52. The van der Waals surface area contributed by atoms with Crippen molar-refractivity contribution in [3.63, 3.8) is 0 Å². The normalized spacial score (nSPS) is 10.1. The van der Waals surface area contributed by atoms with Crippen molar-refractivity contribution in [1.29, 1.82) is 0 Å². The molecule has 0 aliphatic rings. The average Bonchev–Trinajstić information content (AvgIpc) is 2.19. The topological polar surface area (TPSA) is 12.9 Å². The average molecular weight is 187 g/mol. The highest BCUT2D eigenvalue weighted by Crippen LogP contribution is 2.25. The van der Waals surface area contributed by atoms with E-state index in [0.29, 0.717) is 5.56 Å². The Hall–Kier alpha value is -1.70. The van der Waals surface area contributed by atoms with Gasteiger partial charge in [-0.2, -0.15) is 0 Å². The summed E-state index contributed by atoms with van der Waals surface area (Å²) in [4.78, 5) is 3.91. The maximum absolute atomic E-state index is 13.5. The number of hydrogen-bond acceptors (Lipinski definition) is 1. The van der Waals surface area contributed by atoms with Crippen molar-refractivity contribution in [2.24, 2.45) is 0 Å². The minimum Gasteiger partial charge on any atom is -0.265 e. The third-order valence-corrected chi connectivity index (χ3v) is 2.19. The lowest BCUT2D eigenvalue weighted by Gasteiger charge is -2.06. The first-order valence-corrected chi connectivity index (χ1v) is 4.44. The molecule has 0 atom stereocenters. The van der Waals surface area contributed by atoms with Crippen LogP contribution >= 0.6 is 0 Å². The highest BCUT2D eigenvalue weighted by Gasteiger charge is 2.06. The molecule has 0 aliphatic heterocycles. The van der Waals surface area contributed by atoms with Crippen LogP contribution in [0.15, 0.2) is 42.7 Å². The molecule has 1 aromatic carbocycles. The van der Waals surface area contributed by atoms with Crippen molar-refractivity contribution in [2.75, 3.05) is 0 Å². The molecule has 1 heterocycles. The molecule has 0 radical (unpaired) electrons. The van der Waals surface area contributed by atoms with Crippen molar-refractivity contribution in [3.8, 4) is 11.1 Å². The van der Waals surface area contributed by atoms with Gasteiger partial charge in [-0.1, -0.05) is 12.1 Å². The van der Waals surface area contributed by atoms with Crippen LogP contribution in [0.2, 0.25) is 0 Å². The molecule has 0 aliphatic carbocycles. The van der Waals surface area contributed by atoms with Crippen molar-refractivity contribution in [2.45, 2.75) is 6.92 Å². The Bertz CT molecular complexity index is 417. The number of nitrogens with zero attached hydrogens (tertiary/aromatic N) is 1. The number of halogens is 1. The number of rotatable bonds is 1. The first kappa shape index (κ1) is 8.88. The maximum Gasteiger partial charge on any atom is 0.131 e. The van der Waals surface area contributed by atoms with Gasteiger partial charge in [0.2, 0.25) is 0 Å². The lowest BCUT2D eigenvalue weighted by Crippen LogP contribution is -1.88. The van der Waals surface area contributed by atoms with Crippen molar-refractivity contribution in [3.05, 3.63) is 54.1 Å². The van der Waals surface area contributed by atoms with Gasteiger partial charge in [-0.25, -0.2) is 4.39 Å². The molecule has 0 fully saturated rings. The molecule has 2 heteroatoms. The zero-order chi connectivity index (χ0) is 9.97. The van der Waals surface area contributed by atoms with Crippen LogP contribution in [-0.2, 0) is 0 Å². The monoisotopic (exact) mass is 187 g/mol. The van der Waals surface area contributed by atoms with Crippen molar-refractivity contribution in [1.82, 2.24) is 4.98 Å². The second-order valence-electron chi connectivity index (χ2n) is 3.17. The molecule has 0 bridgehead atoms. The highest BCUT2D eigenvalue weighted by atomic mass is 19.1. The van der Waals surface area contributed by atoms with Gasteiger partial charge < -0.3 is 0 Å². The summed E-state index contributed by atoms with van der Waals surface area (Å²) in [6.45, 7) is 1.90. The SMILES string of the molecule is Cc1cccc(F)c1-c1ccncc1. The summed E-state index contributed by atoms with van der Waals surface area (Å²) in [5.41, 5.74) is 2.47. The second-order valence-corrected chi connectivity index (χ2v) is 3.17. The fraction of sp³-hybridized carbons (Fsp3) is 0.0833. The minimum atomic E-state index is -0.184. The summed E-state index contributed by atoms with van der Waals surface area (Å²) in [6.07, 6.45) is 3.34. The highest BCUT2D eigenvalue weighted by molar-refractivity contribution is 5.67. The summed E-state index contributed by atoms with van der Waals surface area (Å²) in [5.74, 6) is -0.184. The summed E-state index contributed by atoms with van der Waals surface area (Å²) >= 11 is 0.